The molecule has 0 spiro atoms. The number of fused-ring (bicyclic) bond motifs is 2. The first-order chi connectivity index (χ1) is 10.3. The first-order valence-corrected chi connectivity index (χ1v) is 8.18. The van der Waals surface area contributed by atoms with Crippen LogP contribution in [0, 0.1) is 5.92 Å². The molecular formula is C20H22O. The van der Waals surface area contributed by atoms with Crippen molar-refractivity contribution in [2.45, 2.75) is 44.6 Å². The lowest BCUT2D eigenvalue weighted by molar-refractivity contribution is 0.113. The Balaban J connectivity index is 1.57. The number of hydrogen-bond acceptors (Lipinski definition) is 1. The Hall–Kier alpha value is -1.60. The van der Waals surface area contributed by atoms with Crippen LogP contribution < -0.4 is 0 Å². The molecule has 4 rings (SSSR count). The van der Waals surface area contributed by atoms with E-state index in [-0.39, 0.29) is 6.10 Å². The Morgan fingerprint density at radius 1 is 0.810 bits per heavy atom. The van der Waals surface area contributed by atoms with Gasteiger partial charge in [-0.2, -0.15) is 0 Å². The van der Waals surface area contributed by atoms with Crippen LogP contribution in [0.25, 0.3) is 0 Å². The molecule has 0 aromatic heterocycles. The van der Waals surface area contributed by atoms with E-state index in [0.717, 1.165) is 18.4 Å². The summed E-state index contributed by atoms with van der Waals surface area (Å²) in [4.78, 5) is 0. The van der Waals surface area contributed by atoms with Crippen LogP contribution in [0.15, 0.2) is 42.5 Å². The van der Waals surface area contributed by atoms with Crippen LogP contribution in [0.3, 0.4) is 0 Å². The van der Waals surface area contributed by atoms with Crippen molar-refractivity contribution in [3.8, 4) is 0 Å². The molecule has 1 nitrogen and oxygen atoms in total. The SMILES string of the molecule is OC(c1ccc2c(c1)CCCC2)C1Cc2ccccc2C1. The maximum atomic E-state index is 10.8. The number of aliphatic hydroxyl groups excluding tert-OH is 1. The third-order valence-electron chi connectivity index (χ3n) is 5.24. The van der Waals surface area contributed by atoms with E-state index in [1.807, 2.05) is 0 Å². The predicted octanol–water partition coefficient (Wildman–Crippen LogP) is 4.01. The number of aryl methyl sites for hydroxylation is 2. The maximum Gasteiger partial charge on any atom is 0.0824 e. The first kappa shape index (κ1) is 13.1. The normalized spacial score (nSPS) is 19.1. The Bertz CT molecular complexity index is 634. The largest absolute Gasteiger partial charge is 0.388 e. The number of hydrogen-bond donors (Lipinski definition) is 1. The molecule has 108 valence electrons. The molecule has 1 atom stereocenters. The minimum atomic E-state index is -0.329. The summed E-state index contributed by atoms with van der Waals surface area (Å²) in [7, 11) is 0. The number of aliphatic hydroxyl groups is 1. The average molecular weight is 278 g/mol. The van der Waals surface area contributed by atoms with Crippen LogP contribution in [0.4, 0.5) is 0 Å². The van der Waals surface area contributed by atoms with Gasteiger partial charge < -0.3 is 5.11 Å². The Morgan fingerprint density at radius 2 is 1.48 bits per heavy atom. The van der Waals surface area contributed by atoms with Crippen molar-refractivity contribution >= 4 is 0 Å². The highest BCUT2D eigenvalue weighted by atomic mass is 16.3. The second-order valence-corrected chi connectivity index (χ2v) is 6.62. The molecule has 0 amide bonds. The fourth-order valence-corrected chi connectivity index (χ4v) is 4.03. The highest BCUT2D eigenvalue weighted by molar-refractivity contribution is 5.37. The van der Waals surface area contributed by atoms with Crippen molar-refractivity contribution in [1.82, 2.24) is 0 Å². The van der Waals surface area contributed by atoms with Crippen LogP contribution in [0.1, 0.15) is 46.8 Å². The zero-order valence-electron chi connectivity index (χ0n) is 12.4. The molecule has 2 aromatic carbocycles. The van der Waals surface area contributed by atoms with E-state index in [4.69, 9.17) is 0 Å². The summed E-state index contributed by atoms with van der Waals surface area (Å²) >= 11 is 0. The summed E-state index contributed by atoms with van der Waals surface area (Å²) in [6, 6.07) is 15.3. The van der Waals surface area contributed by atoms with Crippen LogP contribution in [-0.4, -0.2) is 5.11 Å². The van der Waals surface area contributed by atoms with Crippen LogP contribution in [0.2, 0.25) is 0 Å². The summed E-state index contributed by atoms with van der Waals surface area (Å²) in [5.74, 6) is 0.337. The van der Waals surface area contributed by atoms with Crippen molar-refractivity contribution in [2.24, 2.45) is 5.92 Å². The molecule has 2 aromatic rings. The quantitative estimate of drug-likeness (QED) is 0.880. The van der Waals surface area contributed by atoms with E-state index in [0.29, 0.717) is 5.92 Å². The van der Waals surface area contributed by atoms with Gasteiger partial charge in [0.1, 0.15) is 0 Å². The van der Waals surface area contributed by atoms with Gasteiger partial charge in [0.2, 0.25) is 0 Å². The monoisotopic (exact) mass is 278 g/mol. The molecule has 0 saturated heterocycles. The Morgan fingerprint density at radius 3 is 2.19 bits per heavy atom. The fourth-order valence-electron chi connectivity index (χ4n) is 4.03. The molecule has 0 radical (unpaired) electrons. The van der Waals surface area contributed by atoms with Gasteiger partial charge in [0, 0.05) is 0 Å². The van der Waals surface area contributed by atoms with Gasteiger partial charge in [0.25, 0.3) is 0 Å². The zero-order chi connectivity index (χ0) is 14.2. The third-order valence-corrected chi connectivity index (χ3v) is 5.24. The second-order valence-electron chi connectivity index (χ2n) is 6.62. The van der Waals surface area contributed by atoms with Gasteiger partial charge in [-0.25, -0.2) is 0 Å². The van der Waals surface area contributed by atoms with Crippen LogP contribution in [-0.2, 0) is 25.7 Å². The Kier molecular flexibility index (Phi) is 3.31. The lowest BCUT2D eigenvalue weighted by Gasteiger charge is -2.22. The predicted molar refractivity (Wildman–Crippen MR) is 85.4 cm³/mol. The van der Waals surface area contributed by atoms with E-state index in [1.54, 1.807) is 0 Å². The van der Waals surface area contributed by atoms with E-state index in [1.165, 1.54) is 47.9 Å². The minimum Gasteiger partial charge on any atom is -0.388 e. The lowest BCUT2D eigenvalue weighted by atomic mass is 9.86. The molecule has 0 aliphatic heterocycles. The van der Waals surface area contributed by atoms with Gasteiger partial charge in [-0.15, -0.1) is 0 Å². The molecule has 2 aliphatic carbocycles. The maximum absolute atomic E-state index is 10.8. The molecule has 1 N–H and O–H groups in total. The van der Waals surface area contributed by atoms with Gasteiger partial charge in [-0.3, -0.25) is 0 Å². The second kappa shape index (κ2) is 5.31. The summed E-state index contributed by atoms with van der Waals surface area (Å²) in [5.41, 5.74) is 6.91. The number of rotatable bonds is 2. The summed E-state index contributed by atoms with van der Waals surface area (Å²) in [6.07, 6.45) is 6.68. The molecule has 21 heavy (non-hydrogen) atoms. The number of benzene rings is 2. The van der Waals surface area contributed by atoms with E-state index in [9.17, 15) is 5.11 Å². The highest BCUT2D eigenvalue weighted by Gasteiger charge is 2.28. The molecule has 0 fully saturated rings. The van der Waals surface area contributed by atoms with Gasteiger partial charge in [0.15, 0.2) is 0 Å². The van der Waals surface area contributed by atoms with Gasteiger partial charge in [0.05, 0.1) is 6.10 Å². The third kappa shape index (κ3) is 2.40. The molecule has 1 heteroatoms. The zero-order valence-corrected chi connectivity index (χ0v) is 12.4. The summed E-state index contributed by atoms with van der Waals surface area (Å²) in [6.45, 7) is 0. The molecular weight excluding hydrogens is 256 g/mol. The highest BCUT2D eigenvalue weighted by Crippen LogP contribution is 2.36. The van der Waals surface area contributed by atoms with Gasteiger partial charge in [-0.05, 0) is 72.3 Å². The Labute approximate surface area is 126 Å². The van der Waals surface area contributed by atoms with Gasteiger partial charge in [-0.1, -0.05) is 42.5 Å². The summed E-state index contributed by atoms with van der Waals surface area (Å²) in [5, 5.41) is 10.8. The van der Waals surface area contributed by atoms with Gasteiger partial charge >= 0.3 is 0 Å². The van der Waals surface area contributed by atoms with Crippen molar-refractivity contribution in [2.75, 3.05) is 0 Å². The van der Waals surface area contributed by atoms with Crippen molar-refractivity contribution in [3.63, 3.8) is 0 Å². The van der Waals surface area contributed by atoms with Crippen LogP contribution >= 0.6 is 0 Å². The van der Waals surface area contributed by atoms with Crippen molar-refractivity contribution in [3.05, 3.63) is 70.3 Å². The minimum absolute atomic E-state index is 0.329. The lowest BCUT2D eigenvalue weighted by Crippen LogP contribution is -2.14. The molecule has 2 aliphatic rings. The van der Waals surface area contributed by atoms with E-state index >= 15 is 0 Å². The topological polar surface area (TPSA) is 20.2 Å². The van der Waals surface area contributed by atoms with Crippen LogP contribution in [0.5, 0.6) is 0 Å². The van der Waals surface area contributed by atoms with E-state index in [2.05, 4.69) is 42.5 Å². The molecule has 1 unspecified atom stereocenters. The standard InChI is InChI=1S/C20H22O/c21-20(19-12-16-7-3-4-8-17(16)13-19)18-10-9-14-5-1-2-6-15(14)11-18/h3-4,7-11,19-21H,1-2,5-6,12-13H2. The first-order valence-electron chi connectivity index (χ1n) is 8.18. The fraction of sp³-hybridized carbons (Fsp3) is 0.400. The molecule has 0 bridgehead atoms. The molecule has 0 saturated carbocycles. The smallest absolute Gasteiger partial charge is 0.0824 e. The van der Waals surface area contributed by atoms with Crippen molar-refractivity contribution < 1.29 is 5.11 Å². The van der Waals surface area contributed by atoms with E-state index < -0.39 is 0 Å². The molecule has 0 heterocycles. The van der Waals surface area contributed by atoms with Crippen molar-refractivity contribution in [1.29, 1.82) is 0 Å². The summed E-state index contributed by atoms with van der Waals surface area (Å²) < 4.78 is 0. The average Bonchev–Trinajstić information content (AvgIpc) is 2.97.